The lowest BCUT2D eigenvalue weighted by molar-refractivity contribution is -0.0934. The summed E-state index contributed by atoms with van der Waals surface area (Å²) in [5.74, 6) is 2.58. The first kappa shape index (κ1) is 15.1. The first-order valence-corrected chi connectivity index (χ1v) is 9.66. The molecule has 0 aromatic rings. The molecule has 3 aliphatic rings. The fraction of sp³-hybridized carbons (Fsp3) is 1.00. The molecule has 3 heterocycles. The molecule has 3 nitrogen and oxygen atoms in total. The zero-order valence-electron chi connectivity index (χ0n) is 12.9. The number of likely N-dealkylation sites (tertiary alicyclic amines) is 1. The molecule has 116 valence electrons. The summed E-state index contributed by atoms with van der Waals surface area (Å²) in [4.78, 5) is 2.64. The van der Waals surface area contributed by atoms with Gasteiger partial charge in [0.25, 0.3) is 0 Å². The molecule has 0 aromatic carbocycles. The van der Waals surface area contributed by atoms with Crippen molar-refractivity contribution in [1.82, 2.24) is 10.2 Å². The van der Waals surface area contributed by atoms with Gasteiger partial charge in [-0.25, -0.2) is 0 Å². The number of likely N-dealkylation sites (N-methyl/N-ethyl adjacent to an activating group) is 1. The van der Waals surface area contributed by atoms with Gasteiger partial charge in [0.15, 0.2) is 0 Å². The molecule has 4 heteroatoms. The average Bonchev–Trinajstić information content (AvgIpc) is 2.93. The van der Waals surface area contributed by atoms with Crippen LogP contribution in [0.15, 0.2) is 0 Å². The van der Waals surface area contributed by atoms with Crippen LogP contribution in [0.3, 0.4) is 0 Å². The van der Waals surface area contributed by atoms with Gasteiger partial charge in [0.1, 0.15) is 0 Å². The molecular formula is C16H30N2OS. The Bertz CT molecular complexity index is 301. The number of nitrogens with one attached hydrogen (secondary N) is 1. The van der Waals surface area contributed by atoms with Gasteiger partial charge in [-0.05, 0) is 63.1 Å². The summed E-state index contributed by atoms with van der Waals surface area (Å²) in [6, 6.07) is 1.46. The summed E-state index contributed by atoms with van der Waals surface area (Å²) in [6.45, 7) is 6.95. The van der Waals surface area contributed by atoms with Crippen LogP contribution < -0.4 is 5.32 Å². The minimum Gasteiger partial charge on any atom is -0.375 e. The van der Waals surface area contributed by atoms with Crippen LogP contribution in [-0.4, -0.2) is 60.3 Å². The van der Waals surface area contributed by atoms with Crippen molar-refractivity contribution in [1.29, 1.82) is 0 Å². The Hall–Kier alpha value is 0.230. The second-order valence-corrected chi connectivity index (χ2v) is 7.89. The molecule has 3 rings (SSSR count). The maximum Gasteiger partial charge on any atom is 0.0713 e. The van der Waals surface area contributed by atoms with Gasteiger partial charge >= 0.3 is 0 Å². The van der Waals surface area contributed by atoms with E-state index in [2.05, 4.69) is 28.9 Å². The third-order valence-electron chi connectivity index (χ3n) is 5.44. The Morgan fingerprint density at radius 2 is 2.15 bits per heavy atom. The standard InChI is InChI=1S/C16H30N2OS/c1-2-18-8-3-4-15(18)13-17-14-5-9-19-16(12-14)6-10-20-11-7-16/h14-15,17H,2-13H2,1H3. The van der Waals surface area contributed by atoms with Crippen molar-refractivity contribution in [2.75, 3.05) is 37.7 Å². The molecule has 0 saturated carbocycles. The topological polar surface area (TPSA) is 24.5 Å². The van der Waals surface area contributed by atoms with Gasteiger partial charge in [-0.1, -0.05) is 6.92 Å². The summed E-state index contributed by atoms with van der Waals surface area (Å²) in [7, 11) is 0. The highest BCUT2D eigenvalue weighted by atomic mass is 32.2. The molecule has 3 fully saturated rings. The largest absolute Gasteiger partial charge is 0.375 e. The summed E-state index contributed by atoms with van der Waals surface area (Å²) >= 11 is 2.09. The minimum absolute atomic E-state index is 0.223. The lowest BCUT2D eigenvalue weighted by Gasteiger charge is -2.44. The van der Waals surface area contributed by atoms with Crippen molar-refractivity contribution < 1.29 is 4.74 Å². The first-order valence-electron chi connectivity index (χ1n) is 8.50. The van der Waals surface area contributed by atoms with E-state index in [4.69, 9.17) is 4.74 Å². The SMILES string of the molecule is CCN1CCCC1CNC1CCOC2(CCSCC2)C1. The average molecular weight is 298 g/mol. The van der Waals surface area contributed by atoms with Crippen LogP contribution in [0.2, 0.25) is 0 Å². The number of thioether (sulfide) groups is 1. The summed E-state index contributed by atoms with van der Waals surface area (Å²) in [6.07, 6.45) is 7.74. The van der Waals surface area contributed by atoms with Crippen molar-refractivity contribution in [3.63, 3.8) is 0 Å². The van der Waals surface area contributed by atoms with Crippen LogP contribution in [0.5, 0.6) is 0 Å². The molecule has 0 amide bonds. The Morgan fingerprint density at radius 1 is 1.30 bits per heavy atom. The molecule has 20 heavy (non-hydrogen) atoms. The molecular weight excluding hydrogens is 268 g/mol. The fourth-order valence-electron chi connectivity index (χ4n) is 4.14. The molecule has 0 bridgehead atoms. The summed E-state index contributed by atoms with van der Waals surface area (Å²) in [5, 5.41) is 3.87. The smallest absolute Gasteiger partial charge is 0.0713 e. The van der Waals surface area contributed by atoms with Crippen molar-refractivity contribution in [3.05, 3.63) is 0 Å². The Labute approximate surface area is 128 Å². The van der Waals surface area contributed by atoms with Gasteiger partial charge < -0.3 is 10.1 Å². The highest BCUT2D eigenvalue weighted by Crippen LogP contribution is 2.37. The van der Waals surface area contributed by atoms with Crippen molar-refractivity contribution >= 4 is 11.8 Å². The third kappa shape index (κ3) is 3.52. The van der Waals surface area contributed by atoms with Crippen LogP contribution in [0.4, 0.5) is 0 Å². The molecule has 0 aromatic heterocycles. The van der Waals surface area contributed by atoms with Crippen LogP contribution >= 0.6 is 11.8 Å². The number of ether oxygens (including phenoxy) is 1. The van der Waals surface area contributed by atoms with Crippen molar-refractivity contribution in [2.45, 2.75) is 63.1 Å². The van der Waals surface area contributed by atoms with E-state index in [1.165, 1.54) is 69.7 Å². The second kappa shape index (κ2) is 6.99. The summed E-state index contributed by atoms with van der Waals surface area (Å²) < 4.78 is 6.19. The van der Waals surface area contributed by atoms with Gasteiger partial charge in [0.2, 0.25) is 0 Å². The third-order valence-corrected chi connectivity index (χ3v) is 6.43. The van der Waals surface area contributed by atoms with Crippen LogP contribution in [0, 0.1) is 0 Å². The molecule has 0 aliphatic carbocycles. The lowest BCUT2D eigenvalue weighted by atomic mass is 9.85. The zero-order chi connectivity index (χ0) is 13.8. The molecule has 2 atom stereocenters. The Kier molecular flexibility index (Phi) is 5.29. The van der Waals surface area contributed by atoms with Crippen LogP contribution in [0.1, 0.15) is 45.4 Å². The van der Waals surface area contributed by atoms with E-state index in [1.807, 2.05) is 0 Å². The second-order valence-electron chi connectivity index (χ2n) is 6.67. The van der Waals surface area contributed by atoms with E-state index < -0.39 is 0 Å². The quantitative estimate of drug-likeness (QED) is 0.862. The highest BCUT2D eigenvalue weighted by molar-refractivity contribution is 7.99. The maximum absolute atomic E-state index is 6.19. The Morgan fingerprint density at radius 3 is 2.95 bits per heavy atom. The van der Waals surface area contributed by atoms with Gasteiger partial charge in [-0.2, -0.15) is 11.8 Å². The van der Waals surface area contributed by atoms with Gasteiger partial charge in [0.05, 0.1) is 5.60 Å². The minimum atomic E-state index is 0.223. The first-order chi connectivity index (χ1) is 9.81. The summed E-state index contributed by atoms with van der Waals surface area (Å²) in [5.41, 5.74) is 0.223. The van der Waals surface area contributed by atoms with E-state index in [9.17, 15) is 0 Å². The number of nitrogens with zero attached hydrogens (tertiary/aromatic N) is 1. The molecule has 3 aliphatic heterocycles. The zero-order valence-corrected chi connectivity index (χ0v) is 13.7. The fourth-order valence-corrected chi connectivity index (χ4v) is 5.38. The van der Waals surface area contributed by atoms with Crippen LogP contribution in [-0.2, 0) is 4.74 Å². The maximum atomic E-state index is 6.19. The van der Waals surface area contributed by atoms with Crippen molar-refractivity contribution in [3.8, 4) is 0 Å². The normalized spacial score (nSPS) is 34.6. The predicted molar refractivity (Wildman–Crippen MR) is 86.5 cm³/mol. The Balaban J connectivity index is 1.47. The van der Waals surface area contributed by atoms with E-state index >= 15 is 0 Å². The lowest BCUT2D eigenvalue weighted by Crippen LogP contribution is -2.51. The van der Waals surface area contributed by atoms with Crippen LogP contribution in [0.25, 0.3) is 0 Å². The van der Waals surface area contributed by atoms with E-state index in [0.29, 0.717) is 6.04 Å². The molecule has 2 unspecified atom stereocenters. The van der Waals surface area contributed by atoms with E-state index in [1.54, 1.807) is 0 Å². The van der Waals surface area contributed by atoms with Gasteiger partial charge in [-0.3, -0.25) is 4.90 Å². The molecule has 1 spiro atoms. The van der Waals surface area contributed by atoms with E-state index in [-0.39, 0.29) is 5.60 Å². The molecule has 3 saturated heterocycles. The number of hydrogen-bond donors (Lipinski definition) is 1. The number of rotatable bonds is 4. The van der Waals surface area contributed by atoms with Crippen molar-refractivity contribution in [2.24, 2.45) is 0 Å². The monoisotopic (exact) mass is 298 g/mol. The predicted octanol–water partition coefficient (Wildman–Crippen LogP) is 2.51. The number of hydrogen-bond acceptors (Lipinski definition) is 4. The molecule has 1 N–H and O–H groups in total. The van der Waals surface area contributed by atoms with Gasteiger partial charge in [-0.15, -0.1) is 0 Å². The highest BCUT2D eigenvalue weighted by Gasteiger charge is 2.38. The van der Waals surface area contributed by atoms with Gasteiger partial charge in [0, 0.05) is 25.2 Å². The van der Waals surface area contributed by atoms with E-state index in [0.717, 1.165) is 12.6 Å². The molecule has 0 radical (unpaired) electrons.